The fourth-order valence-corrected chi connectivity index (χ4v) is 12.1. The van der Waals surface area contributed by atoms with Gasteiger partial charge in [-0.05, 0) is 121 Å². The number of rotatable bonds is 16. The number of ether oxygens (including phenoxy) is 7. The van der Waals surface area contributed by atoms with Crippen molar-refractivity contribution in [3.63, 3.8) is 0 Å². The lowest BCUT2D eigenvalue weighted by Gasteiger charge is -2.49. The fourth-order valence-electron chi connectivity index (χ4n) is 11.5. The van der Waals surface area contributed by atoms with Crippen molar-refractivity contribution >= 4 is 28.6 Å². The number of halogens is 2. The topological polar surface area (TPSA) is 253 Å². The summed E-state index contributed by atoms with van der Waals surface area (Å²) in [5.41, 5.74) is -0.962. The van der Waals surface area contributed by atoms with Crippen molar-refractivity contribution in [2.75, 3.05) is 48.1 Å². The number of aromatic nitrogens is 4. The van der Waals surface area contributed by atoms with Gasteiger partial charge in [0.1, 0.15) is 42.7 Å². The van der Waals surface area contributed by atoms with Crippen LogP contribution < -0.4 is 0 Å². The molecule has 5 heterocycles. The van der Waals surface area contributed by atoms with E-state index in [2.05, 4.69) is 15.3 Å². The Kier molecular flexibility index (Phi) is 22.0. The molecule has 0 amide bonds. The van der Waals surface area contributed by atoms with Crippen molar-refractivity contribution in [1.82, 2.24) is 29.8 Å². The Bertz CT molecular complexity index is 2320. The third-order valence-electron chi connectivity index (χ3n) is 16.4. The van der Waals surface area contributed by atoms with Gasteiger partial charge in [-0.25, -0.2) is 9.07 Å². The first-order valence-corrected chi connectivity index (χ1v) is 28.0. The van der Waals surface area contributed by atoms with Gasteiger partial charge in [0.05, 0.1) is 59.5 Å². The Morgan fingerprint density at radius 3 is 2.22 bits per heavy atom. The second kappa shape index (κ2) is 26.8. The number of esters is 1. The van der Waals surface area contributed by atoms with Gasteiger partial charge in [0.25, 0.3) is 0 Å². The zero-order valence-electron chi connectivity index (χ0n) is 47.0. The van der Waals surface area contributed by atoms with Gasteiger partial charge in [-0.2, -0.15) is 0 Å². The number of aliphatic hydroxyl groups is 6. The molecule has 0 bridgehead atoms. The van der Waals surface area contributed by atoms with Gasteiger partial charge in [0.2, 0.25) is 0 Å². The number of carbonyl (C=O) groups is 1. The van der Waals surface area contributed by atoms with Crippen LogP contribution in [0.4, 0.5) is 4.39 Å². The molecule has 3 fully saturated rings. The molecule has 434 valence electrons. The second-order valence-corrected chi connectivity index (χ2v) is 23.9. The lowest BCUT2D eigenvalue weighted by Crippen LogP contribution is -2.60. The summed E-state index contributed by atoms with van der Waals surface area (Å²) < 4.78 is 59.2. The predicted octanol–water partition coefficient (Wildman–Crippen LogP) is 4.54. The summed E-state index contributed by atoms with van der Waals surface area (Å²) in [5, 5.41) is 77.6. The van der Waals surface area contributed by atoms with Crippen molar-refractivity contribution in [2.24, 2.45) is 17.8 Å². The molecule has 3 saturated heterocycles. The number of aliphatic hydroxyl groups excluding tert-OH is 4. The molecular formula is C55H86FIN6O14. The smallest absolute Gasteiger partial charge is 0.312 e. The van der Waals surface area contributed by atoms with E-state index in [1.807, 2.05) is 90.7 Å². The lowest BCUT2D eigenvalue weighted by molar-refractivity contribution is -0.318. The first kappa shape index (κ1) is 63.3. The Balaban J connectivity index is 1.23. The molecule has 2 aromatic heterocycles. The monoisotopic (exact) mass is 1200 g/mol. The first-order chi connectivity index (χ1) is 36.2. The highest BCUT2D eigenvalue weighted by molar-refractivity contribution is 14.1. The highest BCUT2D eigenvalue weighted by atomic mass is 127. The molecule has 1 aromatic carbocycles. The molecule has 0 spiro atoms. The summed E-state index contributed by atoms with van der Waals surface area (Å²) in [7, 11) is 6.70. The Morgan fingerprint density at radius 1 is 0.935 bits per heavy atom. The molecule has 6 N–H and O–H groups in total. The number of pyridine rings is 1. The number of benzene rings is 1. The summed E-state index contributed by atoms with van der Waals surface area (Å²) in [5.74, 6) is -2.94. The van der Waals surface area contributed by atoms with E-state index in [1.165, 1.54) is 25.8 Å². The van der Waals surface area contributed by atoms with Gasteiger partial charge in [-0.3, -0.25) is 9.78 Å². The number of cyclic esters (lactones) is 1. The van der Waals surface area contributed by atoms with E-state index in [-0.39, 0.29) is 25.4 Å². The average molecular weight is 1200 g/mol. The molecule has 3 aliphatic rings. The molecule has 20 atom stereocenters. The zero-order chi connectivity index (χ0) is 56.9. The van der Waals surface area contributed by atoms with Gasteiger partial charge in [0, 0.05) is 76.1 Å². The largest absolute Gasteiger partial charge is 0.448 e. The summed E-state index contributed by atoms with van der Waals surface area (Å²) in [6.07, 6.45) is -5.56. The van der Waals surface area contributed by atoms with E-state index < -0.39 is 125 Å². The summed E-state index contributed by atoms with van der Waals surface area (Å²) >= 11 is 1.82. The van der Waals surface area contributed by atoms with E-state index in [4.69, 9.17) is 33.2 Å². The number of carbonyl (C=O) groups excluding carboxylic acids is 1. The number of alkyl halides is 2. The standard InChI is InChI=1S/C55H86FIN6O14/c1-30-23-53(7,69)49(32(3)45(75-43-24-54(8,72-13)48(67)35(6)74-43)33(4)50(68)77-52(57)55(9,70)47(66)34(5)62(11)27-30)76-51-44(65)41(22-31(2)73-51)61(10)21-20-39-28-63(60-59-39)42(25-56)46(71-12)37-16-14-36(15-17-37)38-18-19-40(29-64)58-26-38/h14-19,26,28,30-35,41-49,51-52,64-67,69-70H,20-25,27,29H2,1-13H3/t30-,31-,32+,33-,34-,35+,41+,42-,43+,44-,45+,46-,47-,48+,49-,51+,52+,53-,54-,55+/m1/s1. The van der Waals surface area contributed by atoms with Crippen molar-refractivity contribution in [1.29, 1.82) is 0 Å². The third-order valence-corrected chi connectivity index (χ3v) is 18.0. The van der Waals surface area contributed by atoms with Crippen LogP contribution in [0.25, 0.3) is 11.1 Å². The maximum absolute atomic E-state index is 15.0. The first-order valence-electron chi connectivity index (χ1n) is 26.8. The number of likely N-dealkylation sites (N-methyl/N-ethyl adjacent to an activating group) is 2. The number of methoxy groups -OCH3 is 2. The van der Waals surface area contributed by atoms with E-state index in [0.29, 0.717) is 37.3 Å². The Morgan fingerprint density at radius 2 is 1.61 bits per heavy atom. The number of hydrogen-bond donors (Lipinski definition) is 6. The zero-order valence-corrected chi connectivity index (χ0v) is 49.1. The highest BCUT2D eigenvalue weighted by Crippen LogP contribution is 2.41. The number of hydrogen-bond acceptors (Lipinski definition) is 19. The van der Waals surface area contributed by atoms with Crippen LogP contribution in [0.5, 0.6) is 0 Å². The average Bonchev–Trinajstić information content (AvgIpc) is 3.88. The molecule has 6 rings (SSSR count). The lowest BCUT2D eigenvalue weighted by atomic mass is 9.77. The van der Waals surface area contributed by atoms with Crippen molar-refractivity contribution < 1.29 is 73.0 Å². The van der Waals surface area contributed by atoms with Gasteiger partial charge in [-0.1, -0.05) is 49.4 Å². The van der Waals surface area contributed by atoms with Crippen LogP contribution >= 0.6 is 22.6 Å². The molecule has 0 aliphatic carbocycles. The molecule has 22 heteroatoms. The maximum Gasteiger partial charge on any atom is 0.312 e. The number of nitrogens with zero attached hydrogens (tertiary/aromatic N) is 6. The fraction of sp³-hybridized carbons (Fsp3) is 0.745. The second-order valence-electron chi connectivity index (χ2n) is 22.7. The van der Waals surface area contributed by atoms with E-state index in [0.717, 1.165) is 16.7 Å². The molecule has 0 saturated carbocycles. The van der Waals surface area contributed by atoms with Crippen LogP contribution in [-0.4, -0.2) is 203 Å². The van der Waals surface area contributed by atoms with Crippen molar-refractivity contribution in [3.8, 4) is 11.1 Å². The van der Waals surface area contributed by atoms with Crippen LogP contribution in [0.15, 0.2) is 48.8 Å². The van der Waals surface area contributed by atoms with Gasteiger partial charge in [-0.15, -0.1) is 5.10 Å². The van der Waals surface area contributed by atoms with E-state index in [1.54, 1.807) is 60.0 Å². The molecule has 0 radical (unpaired) electrons. The highest BCUT2D eigenvalue weighted by Gasteiger charge is 2.53. The van der Waals surface area contributed by atoms with Crippen LogP contribution in [0.1, 0.15) is 111 Å². The molecule has 3 aliphatic heterocycles. The quantitative estimate of drug-likeness (QED) is 0.0654. The Hall–Kier alpha value is -2.92. The summed E-state index contributed by atoms with van der Waals surface area (Å²) in [6.45, 7) is 15.4. The Labute approximate surface area is 467 Å². The van der Waals surface area contributed by atoms with Crippen LogP contribution in [0, 0.1) is 17.8 Å². The van der Waals surface area contributed by atoms with Crippen molar-refractivity contribution in [2.45, 2.75) is 195 Å². The van der Waals surface area contributed by atoms with Crippen LogP contribution in [0.2, 0.25) is 0 Å². The van der Waals surface area contributed by atoms with Gasteiger partial charge in [0.15, 0.2) is 16.7 Å². The third kappa shape index (κ3) is 14.8. The van der Waals surface area contributed by atoms with Crippen molar-refractivity contribution in [3.05, 3.63) is 65.7 Å². The SMILES string of the molecule is CO[C@H](c1ccc(-c2ccc(CO)nc2)cc1)[C@@H](CF)n1cc(CCN(C)[C@H]2C[C@@H](C)O[C@@H](O[C@@H]3[C@@H](C)[C@H](O[C@H]4C[C@@](C)(OC)[C@@H](O)[C@H](C)O4)[C@@H](C)C(=O)O[C@H](I)[C@@](C)(O)[C@H](O)[C@@H](C)N(C)C[C@H](C)C[C@@]3(C)O)[C@@H]2O)nn1. The van der Waals surface area contributed by atoms with E-state index >= 15 is 0 Å². The summed E-state index contributed by atoms with van der Waals surface area (Å²) in [4.78, 5) is 22.5. The van der Waals surface area contributed by atoms with Gasteiger partial charge >= 0.3 is 5.97 Å². The molecule has 20 nitrogen and oxygen atoms in total. The van der Waals surface area contributed by atoms with Gasteiger partial charge < -0.3 is 73.6 Å². The summed E-state index contributed by atoms with van der Waals surface area (Å²) in [6, 6.07) is 9.28. The predicted molar refractivity (Wildman–Crippen MR) is 291 cm³/mol. The van der Waals surface area contributed by atoms with Crippen LogP contribution in [0.3, 0.4) is 0 Å². The minimum Gasteiger partial charge on any atom is -0.448 e. The van der Waals surface area contributed by atoms with E-state index in [9.17, 15) is 39.8 Å². The minimum absolute atomic E-state index is 0.0758. The van der Waals surface area contributed by atoms with Crippen LogP contribution in [-0.2, 0) is 51.0 Å². The molecular weight excluding hydrogens is 1110 g/mol. The molecule has 3 aromatic rings. The maximum atomic E-state index is 15.0. The minimum atomic E-state index is -1.88. The molecule has 0 unspecified atom stereocenters. The normalized spacial score (nSPS) is 38.2. The molecule has 77 heavy (non-hydrogen) atoms.